The predicted molar refractivity (Wildman–Crippen MR) is 111 cm³/mol. The SMILES string of the molecule is Cc1ccc(CC(=O)NN=Cc2ccc(-c3cc([N+](=O)[O-])ccc3C)o2)cc1C. The van der Waals surface area contributed by atoms with Crippen LogP contribution in [-0.4, -0.2) is 17.0 Å². The van der Waals surface area contributed by atoms with Crippen molar-refractivity contribution >= 4 is 17.8 Å². The molecular weight excluding hydrogens is 370 g/mol. The molecule has 0 radical (unpaired) electrons. The third kappa shape index (κ3) is 4.95. The van der Waals surface area contributed by atoms with E-state index < -0.39 is 4.92 Å². The largest absolute Gasteiger partial charge is 0.455 e. The molecule has 7 heteroatoms. The van der Waals surface area contributed by atoms with Crippen molar-refractivity contribution in [3.63, 3.8) is 0 Å². The van der Waals surface area contributed by atoms with Crippen LogP contribution in [0.1, 0.15) is 28.0 Å². The number of carbonyl (C=O) groups is 1. The van der Waals surface area contributed by atoms with Crippen LogP contribution in [0.5, 0.6) is 0 Å². The number of furan rings is 1. The molecule has 1 N–H and O–H groups in total. The number of nitrogens with zero attached hydrogens (tertiary/aromatic N) is 2. The number of nitro benzene ring substituents is 1. The van der Waals surface area contributed by atoms with Gasteiger partial charge in [-0.3, -0.25) is 14.9 Å². The van der Waals surface area contributed by atoms with Gasteiger partial charge in [-0.15, -0.1) is 0 Å². The van der Waals surface area contributed by atoms with E-state index >= 15 is 0 Å². The number of non-ortho nitro benzene ring substituents is 1. The summed E-state index contributed by atoms with van der Waals surface area (Å²) in [4.78, 5) is 22.6. The first-order chi connectivity index (χ1) is 13.8. The first-order valence-electron chi connectivity index (χ1n) is 9.07. The van der Waals surface area contributed by atoms with Gasteiger partial charge in [0.25, 0.3) is 5.69 Å². The van der Waals surface area contributed by atoms with Gasteiger partial charge in [-0.25, -0.2) is 5.43 Å². The summed E-state index contributed by atoms with van der Waals surface area (Å²) < 4.78 is 5.69. The highest BCUT2D eigenvalue weighted by Crippen LogP contribution is 2.28. The van der Waals surface area contributed by atoms with Gasteiger partial charge >= 0.3 is 0 Å². The van der Waals surface area contributed by atoms with E-state index in [1.807, 2.05) is 39.0 Å². The second kappa shape index (κ2) is 8.52. The van der Waals surface area contributed by atoms with E-state index in [-0.39, 0.29) is 18.0 Å². The van der Waals surface area contributed by atoms with Gasteiger partial charge in [-0.2, -0.15) is 5.10 Å². The third-order valence-electron chi connectivity index (χ3n) is 4.64. The molecule has 1 amide bonds. The number of rotatable bonds is 6. The summed E-state index contributed by atoms with van der Waals surface area (Å²) in [7, 11) is 0. The summed E-state index contributed by atoms with van der Waals surface area (Å²) >= 11 is 0. The van der Waals surface area contributed by atoms with Crippen LogP contribution in [0.4, 0.5) is 5.69 Å². The molecule has 29 heavy (non-hydrogen) atoms. The standard InChI is InChI=1S/C22H21N3O4/c1-14-4-6-17(10-16(14)3)11-22(26)24-23-13-19-8-9-21(29-19)20-12-18(25(27)28)7-5-15(20)2/h4-10,12-13H,11H2,1-3H3,(H,24,26). The fourth-order valence-electron chi connectivity index (χ4n) is 2.86. The van der Waals surface area contributed by atoms with E-state index in [1.54, 1.807) is 18.2 Å². The molecule has 3 aromatic rings. The summed E-state index contributed by atoms with van der Waals surface area (Å²) in [6, 6.07) is 13.9. The maximum absolute atomic E-state index is 12.1. The van der Waals surface area contributed by atoms with Gasteiger partial charge in [0.05, 0.1) is 17.6 Å². The molecule has 0 aliphatic carbocycles. The zero-order valence-corrected chi connectivity index (χ0v) is 16.4. The fraction of sp³-hybridized carbons (Fsp3) is 0.182. The molecule has 0 aliphatic rings. The summed E-state index contributed by atoms with van der Waals surface area (Å²) in [5.74, 6) is 0.692. The van der Waals surface area contributed by atoms with Crippen molar-refractivity contribution in [1.29, 1.82) is 0 Å². The van der Waals surface area contributed by atoms with Gasteiger partial charge in [0.2, 0.25) is 5.91 Å². The van der Waals surface area contributed by atoms with Crippen molar-refractivity contribution in [3.8, 4) is 11.3 Å². The lowest BCUT2D eigenvalue weighted by Crippen LogP contribution is -2.19. The molecule has 0 bridgehead atoms. The average Bonchev–Trinajstić information content (AvgIpc) is 3.13. The van der Waals surface area contributed by atoms with Crippen LogP contribution in [0.2, 0.25) is 0 Å². The minimum Gasteiger partial charge on any atom is -0.455 e. The second-order valence-electron chi connectivity index (χ2n) is 6.85. The van der Waals surface area contributed by atoms with Crippen molar-refractivity contribution in [2.75, 3.05) is 0 Å². The Bertz CT molecular complexity index is 1100. The van der Waals surface area contributed by atoms with Gasteiger partial charge in [0, 0.05) is 17.7 Å². The summed E-state index contributed by atoms with van der Waals surface area (Å²) in [6.45, 7) is 5.88. The first-order valence-corrected chi connectivity index (χ1v) is 9.07. The Kier molecular flexibility index (Phi) is 5.87. The van der Waals surface area contributed by atoms with Crippen LogP contribution in [0, 0.1) is 30.9 Å². The summed E-state index contributed by atoms with van der Waals surface area (Å²) in [6.07, 6.45) is 1.63. The molecule has 0 spiro atoms. The molecule has 148 valence electrons. The molecule has 0 atom stereocenters. The summed E-state index contributed by atoms with van der Waals surface area (Å²) in [5, 5.41) is 14.9. The number of carbonyl (C=O) groups excluding carboxylic acids is 1. The predicted octanol–water partition coefficient (Wildman–Crippen LogP) is 4.47. The van der Waals surface area contributed by atoms with E-state index in [0.29, 0.717) is 17.1 Å². The number of hydrogen-bond acceptors (Lipinski definition) is 5. The van der Waals surface area contributed by atoms with Gasteiger partial charge in [-0.05, 0) is 55.2 Å². The molecule has 0 saturated heterocycles. The topological polar surface area (TPSA) is 97.7 Å². The zero-order valence-electron chi connectivity index (χ0n) is 16.4. The fourth-order valence-corrected chi connectivity index (χ4v) is 2.86. The van der Waals surface area contributed by atoms with Crippen molar-refractivity contribution in [2.24, 2.45) is 5.10 Å². The van der Waals surface area contributed by atoms with Crippen LogP contribution in [0.15, 0.2) is 58.0 Å². The Morgan fingerprint density at radius 1 is 1.07 bits per heavy atom. The lowest BCUT2D eigenvalue weighted by Gasteiger charge is -2.04. The second-order valence-corrected chi connectivity index (χ2v) is 6.85. The number of benzene rings is 2. The van der Waals surface area contributed by atoms with Gasteiger partial charge in [-0.1, -0.05) is 24.3 Å². The number of hydrogen-bond donors (Lipinski definition) is 1. The van der Waals surface area contributed by atoms with Crippen LogP contribution in [0.3, 0.4) is 0 Å². The highest BCUT2D eigenvalue weighted by atomic mass is 16.6. The Labute approximate surface area is 168 Å². The zero-order chi connectivity index (χ0) is 21.0. The molecular formula is C22H21N3O4. The van der Waals surface area contributed by atoms with Crippen molar-refractivity contribution in [1.82, 2.24) is 5.43 Å². The molecule has 0 unspecified atom stereocenters. The molecule has 1 aromatic heterocycles. The van der Waals surface area contributed by atoms with Crippen LogP contribution in [0.25, 0.3) is 11.3 Å². The van der Waals surface area contributed by atoms with Crippen LogP contribution >= 0.6 is 0 Å². The lowest BCUT2D eigenvalue weighted by atomic mass is 10.0. The highest BCUT2D eigenvalue weighted by molar-refractivity contribution is 5.82. The Hall–Kier alpha value is -3.74. The molecule has 0 fully saturated rings. The van der Waals surface area contributed by atoms with E-state index in [4.69, 9.17) is 4.42 Å². The number of aryl methyl sites for hydroxylation is 3. The van der Waals surface area contributed by atoms with Crippen LogP contribution in [-0.2, 0) is 11.2 Å². The van der Waals surface area contributed by atoms with E-state index in [9.17, 15) is 14.9 Å². The monoisotopic (exact) mass is 391 g/mol. The lowest BCUT2D eigenvalue weighted by molar-refractivity contribution is -0.384. The number of nitro groups is 1. The maximum atomic E-state index is 12.1. The number of hydrazone groups is 1. The number of amides is 1. The number of nitrogens with one attached hydrogen (secondary N) is 1. The van der Waals surface area contributed by atoms with E-state index in [2.05, 4.69) is 10.5 Å². The van der Waals surface area contributed by atoms with Crippen molar-refractivity contribution in [3.05, 3.63) is 86.7 Å². The molecule has 0 saturated carbocycles. The van der Waals surface area contributed by atoms with Gasteiger partial charge < -0.3 is 4.42 Å². The molecule has 7 nitrogen and oxygen atoms in total. The Morgan fingerprint density at radius 2 is 1.83 bits per heavy atom. The van der Waals surface area contributed by atoms with Crippen molar-refractivity contribution < 1.29 is 14.1 Å². The first kappa shape index (κ1) is 20.0. The third-order valence-corrected chi connectivity index (χ3v) is 4.64. The average molecular weight is 391 g/mol. The smallest absolute Gasteiger partial charge is 0.270 e. The van der Waals surface area contributed by atoms with Crippen molar-refractivity contribution in [2.45, 2.75) is 27.2 Å². The molecule has 0 aliphatic heterocycles. The summed E-state index contributed by atoms with van der Waals surface area (Å²) in [5.41, 5.74) is 7.21. The Balaban J connectivity index is 1.65. The van der Waals surface area contributed by atoms with E-state index in [1.165, 1.54) is 23.9 Å². The molecule has 1 heterocycles. The molecule has 3 rings (SSSR count). The van der Waals surface area contributed by atoms with E-state index in [0.717, 1.165) is 16.7 Å². The normalized spacial score (nSPS) is 11.0. The maximum Gasteiger partial charge on any atom is 0.270 e. The van der Waals surface area contributed by atoms with Gasteiger partial charge in [0.1, 0.15) is 11.5 Å². The minimum atomic E-state index is -0.445. The quantitative estimate of drug-likeness (QED) is 0.381. The molecule has 2 aromatic carbocycles. The van der Waals surface area contributed by atoms with Crippen LogP contribution < -0.4 is 5.43 Å². The Morgan fingerprint density at radius 3 is 2.55 bits per heavy atom. The minimum absolute atomic E-state index is 0.00387. The highest BCUT2D eigenvalue weighted by Gasteiger charge is 2.13. The van der Waals surface area contributed by atoms with Gasteiger partial charge in [0.15, 0.2) is 0 Å².